The van der Waals surface area contributed by atoms with E-state index in [1.165, 1.54) is 11.3 Å². The van der Waals surface area contributed by atoms with Gasteiger partial charge in [0.25, 0.3) is 0 Å². The van der Waals surface area contributed by atoms with Crippen LogP contribution < -0.4 is 20.5 Å². The fourth-order valence-corrected chi connectivity index (χ4v) is 4.82. The molecule has 1 amide bonds. The Morgan fingerprint density at radius 1 is 1.21 bits per heavy atom. The largest absolute Gasteiger partial charge is 0.485 e. The fraction of sp³-hybridized carbons (Fsp3) is 0.250. The van der Waals surface area contributed by atoms with Gasteiger partial charge in [-0.15, -0.1) is 11.3 Å². The zero-order valence-corrected chi connectivity index (χ0v) is 19.4. The van der Waals surface area contributed by atoms with E-state index >= 15 is 0 Å². The highest BCUT2D eigenvalue weighted by molar-refractivity contribution is 7.15. The number of rotatable bonds is 10. The van der Waals surface area contributed by atoms with Crippen LogP contribution in [0.25, 0.3) is 16.2 Å². The van der Waals surface area contributed by atoms with Crippen LogP contribution in [0.3, 0.4) is 0 Å². The lowest BCUT2D eigenvalue weighted by Gasteiger charge is -2.19. The summed E-state index contributed by atoms with van der Waals surface area (Å²) < 4.78 is 39.0. The number of imidazole rings is 1. The molecule has 10 heteroatoms. The van der Waals surface area contributed by atoms with Crippen LogP contribution in [0.5, 0.6) is 11.5 Å². The minimum Gasteiger partial charge on any atom is -0.485 e. The Balaban J connectivity index is 1.68. The van der Waals surface area contributed by atoms with Crippen LogP contribution in [0.4, 0.5) is 8.78 Å². The van der Waals surface area contributed by atoms with E-state index in [2.05, 4.69) is 10.3 Å². The number of carbonyl (C=O) groups excluding carboxylic acids is 1. The van der Waals surface area contributed by atoms with E-state index in [0.29, 0.717) is 22.7 Å². The summed E-state index contributed by atoms with van der Waals surface area (Å²) >= 11 is 1.38. The number of nitrogens with one attached hydrogen (secondary N) is 1. The summed E-state index contributed by atoms with van der Waals surface area (Å²) in [7, 11) is 1.77. The molecule has 0 fully saturated rings. The van der Waals surface area contributed by atoms with Crippen LogP contribution in [0, 0.1) is 0 Å². The van der Waals surface area contributed by atoms with E-state index in [1.807, 2.05) is 40.9 Å². The van der Waals surface area contributed by atoms with Gasteiger partial charge >= 0.3 is 6.61 Å². The zero-order valence-electron chi connectivity index (χ0n) is 18.6. The van der Waals surface area contributed by atoms with Crippen LogP contribution in [-0.4, -0.2) is 29.0 Å². The monoisotopic (exact) mass is 486 g/mol. The molecular formula is C24H24F2N4O3S. The number of alkyl halides is 2. The maximum atomic E-state index is 13.1. The molecule has 0 radical (unpaired) electrons. The highest BCUT2D eigenvalue weighted by atomic mass is 32.1. The number of nitrogens with zero attached hydrogens (tertiary/aromatic N) is 2. The minimum atomic E-state index is -2.97. The number of ether oxygens (including phenoxy) is 2. The standard InChI is InChI=1S/C24H24F2N4O3S/c1-14(16-7-6-15(12-28-2)9-18(16)33-24(25)26)32-19-10-20(34-21(19)11-22(27)31)17-13-29-23-5-3-4-8-30(17)23/h3-10,13-14,24,28H,11-12H2,1-2H3,(H2,27,31)/t14-/m1/s1. The van der Waals surface area contributed by atoms with Crippen molar-refractivity contribution >= 4 is 22.9 Å². The Morgan fingerprint density at radius 2 is 2.03 bits per heavy atom. The van der Waals surface area contributed by atoms with E-state index in [9.17, 15) is 13.6 Å². The van der Waals surface area contributed by atoms with Crippen molar-refractivity contribution in [1.29, 1.82) is 0 Å². The number of fused-ring (bicyclic) bond motifs is 1. The average Bonchev–Trinajstić information content (AvgIpc) is 3.37. The molecule has 3 N–H and O–H groups in total. The molecule has 0 aliphatic heterocycles. The molecule has 0 saturated carbocycles. The summed E-state index contributed by atoms with van der Waals surface area (Å²) in [6.07, 6.45) is 3.01. The smallest absolute Gasteiger partial charge is 0.387 e. The van der Waals surface area contributed by atoms with Crippen LogP contribution >= 0.6 is 11.3 Å². The van der Waals surface area contributed by atoms with Crippen molar-refractivity contribution in [3.8, 4) is 22.1 Å². The number of carbonyl (C=O) groups is 1. The third-order valence-corrected chi connectivity index (χ3v) is 6.33. The summed E-state index contributed by atoms with van der Waals surface area (Å²) in [5, 5.41) is 2.98. The molecule has 1 aromatic carbocycles. The minimum absolute atomic E-state index is 0.00897. The quantitative estimate of drug-likeness (QED) is 0.343. The molecule has 3 aromatic heterocycles. The first-order valence-electron chi connectivity index (χ1n) is 10.6. The maximum absolute atomic E-state index is 13.1. The first-order valence-corrected chi connectivity index (χ1v) is 11.4. The van der Waals surface area contributed by atoms with Crippen molar-refractivity contribution in [2.75, 3.05) is 7.05 Å². The number of hydrogen-bond donors (Lipinski definition) is 2. The molecule has 178 valence electrons. The van der Waals surface area contributed by atoms with Crippen molar-refractivity contribution in [1.82, 2.24) is 14.7 Å². The van der Waals surface area contributed by atoms with E-state index < -0.39 is 18.6 Å². The van der Waals surface area contributed by atoms with E-state index in [-0.39, 0.29) is 12.2 Å². The molecule has 7 nitrogen and oxygen atoms in total. The number of benzene rings is 1. The number of aromatic nitrogens is 2. The van der Waals surface area contributed by atoms with Gasteiger partial charge in [-0.05, 0) is 37.7 Å². The van der Waals surface area contributed by atoms with Gasteiger partial charge in [-0.3, -0.25) is 9.20 Å². The second-order valence-electron chi connectivity index (χ2n) is 7.65. The van der Waals surface area contributed by atoms with E-state index in [4.69, 9.17) is 15.2 Å². The molecule has 4 rings (SSSR count). The third-order valence-electron chi connectivity index (χ3n) is 5.19. The van der Waals surface area contributed by atoms with E-state index in [0.717, 1.165) is 21.8 Å². The van der Waals surface area contributed by atoms with Gasteiger partial charge in [0.1, 0.15) is 23.3 Å². The predicted octanol–water partition coefficient (Wildman–Crippen LogP) is 4.55. The second kappa shape index (κ2) is 10.2. The van der Waals surface area contributed by atoms with Gasteiger partial charge in [0.15, 0.2) is 0 Å². The van der Waals surface area contributed by atoms with Crippen molar-refractivity contribution in [3.05, 3.63) is 70.9 Å². The molecule has 3 heterocycles. The number of amides is 1. The number of nitrogens with two attached hydrogens (primary N) is 1. The second-order valence-corrected chi connectivity index (χ2v) is 8.79. The molecule has 0 spiro atoms. The number of hydrogen-bond acceptors (Lipinski definition) is 6. The Hall–Kier alpha value is -3.50. The number of pyridine rings is 1. The van der Waals surface area contributed by atoms with Crippen molar-refractivity contribution in [2.24, 2.45) is 5.73 Å². The highest BCUT2D eigenvalue weighted by Crippen LogP contribution is 2.40. The Bertz CT molecular complexity index is 1300. The topological polar surface area (TPSA) is 90.9 Å². The lowest BCUT2D eigenvalue weighted by Crippen LogP contribution is -2.14. The van der Waals surface area contributed by atoms with Gasteiger partial charge in [0, 0.05) is 24.4 Å². The summed E-state index contributed by atoms with van der Waals surface area (Å²) in [5.74, 6) is 0.00519. The van der Waals surface area contributed by atoms with Crippen molar-refractivity contribution < 1.29 is 23.0 Å². The van der Waals surface area contributed by atoms with Gasteiger partial charge in [-0.1, -0.05) is 18.2 Å². The Kier molecular flexibility index (Phi) is 7.09. The van der Waals surface area contributed by atoms with Crippen LogP contribution in [-0.2, 0) is 17.8 Å². The van der Waals surface area contributed by atoms with Crippen molar-refractivity contribution in [3.63, 3.8) is 0 Å². The van der Waals surface area contributed by atoms with Gasteiger partial charge in [0.05, 0.1) is 28.1 Å². The fourth-order valence-electron chi connectivity index (χ4n) is 3.71. The predicted molar refractivity (Wildman–Crippen MR) is 126 cm³/mol. The van der Waals surface area contributed by atoms with Gasteiger partial charge in [-0.2, -0.15) is 8.78 Å². The maximum Gasteiger partial charge on any atom is 0.387 e. The summed E-state index contributed by atoms with van der Waals surface area (Å²) in [6.45, 7) is -0.722. The number of primary amides is 1. The Labute approximate surface area is 199 Å². The molecule has 0 aliphatic carbocycles. The zero-order chi connectivity index (χ0) is 24.2. The molecular weight excluding hydrogens is 462 g/mol. The summed E-state index contributed by atoms with van der Waals surface area (Å²) in [5.41, 5.74) is 8.35. The molecule has 1 atom stereocenters. The molecule has 0 unspecified atom stereocenters. The number of thiophene rings is 1. The van der Waals surface area contributed by atoms with Gasteiger partial charge < -0.3 is 20.5 Å². The summed E-state index contributed by atoms with van der Waals surface area (Å²) in [4.78, 5) is 17.6. The Morgan fingerprint density at radius 3 is 2.76 bits per heavy atom. The molecule has 4 aromatic rings. The molecule has 0 bridgehead atoms. The van der Waals surface area contributed by atoms with Crippen LogP contribution in [0.15, 0.2) is 54.9 Å². The lowest BCUT2D eigenvalue weighted by molar-refractivity contribution is -0.117. The summed E-state index contributed by atoms with van der Waals surface area (Å²) in [6, 6.07) is 12.6. The molecule has 0 saturated heterocycles. The SMILES string of the molecule is CNCc1ccc([C@@H](C)Oc2cc(-c3cnc4ccccn34)sc2CC(N)=O)c(OC(F)F)c1. The van der Waals surface area contributed by atoms with Gasteiger partial charge in [-0.25, -0.2) is 4.98 Å². The van der Waals surface area contributed by atoms with Crippen molar-refractivity contribution in [2.45, 2.75) is 32.6 Å². The molecule has 34 heavy (non-hydrogen) atoms. The number of halogens is 2. The normalized spacial score (nSPS) is 12.3. The van der Waals surface area contributed by atoms with Crippen LogP contribution in [0.2, 0.25) is 0 Å². The van der Waals surface area contributed by atoms with Gasteiger partial charge in [0.2, 0.25) is 5.91 Å². The molecule has 0 aliphatic rings. The first kappa shape index (κ1) is 23.7. The first-order chi connectivity index (χ1) is 16.4. The van der Waals surface area contributed by atoms with E-state index in [1.54, 1.807) is 32.3 Å². The average molecular weight is 487 g/mol. The van der Waals surface area contributed by atoms with Crippen LogP contribution in [0.1, 0.15) is 29.0 Å². The lowest BCUT2D eigenvalue weighted by atomic mass is 10.1. The highest BCUT2D eigenvalue weighted by Gasteiger charge is 2.21. The third kappa shape index (κ3) is 5.18.